The summed E-state index contributed by atoms with van der Waals surface area (Å²) < 4.78 is 5.57. The number of carbonyl (C=O) groups excluding carboxylic acids is 1. The van der Waals surface area contributed by atoms with E-state index in [-0.39, 0.29) is 5.91 Å². The summed E-state index contributed by atoms with van der Waals surface area (Å²) in [5, 5.41) is 12.1. The second-order valence-corrected chi connectivity index (χ2v) is 6.87. The van der Waals surface area contributed by atoms with E-state index in [0.717, 1.165) is 11.3 Å². The van der Waals surface area contributed by atoms with Gasteiger partial charge in [-0.2, -0.15) is 11.8 Å². The Balaban J connectivity index is 2.07. The lowest BCUT2D eigenvalue weighted by Gasteiger charge is -2.24. The Morgan fingerprint density at radius 1 is 1.43 bits per heavy atom. The molecule has 1 fully saturated rings. The molecule has 1 aliphatic heterocycles. The van der Waals surface area contributed by atoms with Gasteiger partial charge in [-0.25, -0.2) is 4.79 Å². The van der Waals surface area contributed by atoms with Crippen molar-refractivity contribution in [3.8, 4) is 5.75 Å². The molecule has 1 amide bonds. The largest absolute Gasteiger partial charge is 0.490 e. The highest BCUT2D eigenvalue weighted by Crippen LogP contribution is 2.28. The van der Waals surface area contributed by atoms with Crippen molar-refractivity contribution in [2.45, 2.75) is 25.8 Å². The molecule has 1 unspecified atom stereocenters. The van der Waals surface area contributed by atoms with Crippen LogP contribution in [0, 0.1) is 0 Å². The highest BCUT2D eigenvalue weighted by Gasteiger charge is 2.43. The van der Waals surface area contributed by atoms with Crippen molar-refractivity contribution in [1.29, 1.82) is 0 Å². The number of rotatable bonds is 6. The van der Waals surface area contributed by atoms with Crippen LogP contribution in [-0.4, -0.2) is 40.6 Å². The predicted octanol–water partition coefficient (Wildman–Crippen LogP) is 2.72. The van der Waals surface area contributed by atoms with E-state index in [4.69, 9.17) is 4.74 Å². The number of benzene rings is 1. The highest BCUT2D eigenvalue weighted by atomic mass is 32.2. The molecule has 6 heteroatoms. The van der Waals surface area contributed by atoms with Crippen molar-refractivity contribution in [1.82, 2.24) is 5.32 Å². The van der Waals surface area contributed by atoms with Gasteiger partial charge in [0.2, 0.25) is 0 Å². The van der Waals surface area contributed by atoms with Gasteiger partial charge in [0.05, 0.1) is 0 Å². The number of aliphatic carboxylic acids is 1. The molecule has 1 aromatic carbocycles. The fourth-order valence-corrected chi connectivity index (χ4v) is 3.53. The Morgan fingerprint density at radius 2 is 2.22 bits per heavy atom. The lowest BCUT2D eigenvalue weighted by Crippen LogP contribution is -2.54. The van der Waals surface area contributed by atoms with Gasteiger partial charge in [-0.1, -0.05) is 11.6 Å². The molecule has 0 spiro atoms. The van der Waals surface area contributed by atoms with Gasteiger partial charge in [0.15, 0.2) is 0 Å². The lowest BCUT2D eigenvalue weighted by atomic mass is 9.98. The molecule has 23 heavy (non-hydrogen) atoms. The van der Waals surface area contributed by atoms with Gasteiger partial charge < -0.3 is 15.2 Å². The summed E-state index contributed by atoms with van der Waals surface area (Å²) in [4.78, 5) is 23.9. The first-order valence-corrected chi connectivity index (χ1v) is 8.58. The Labute approximate surface area is 140 Å². The minimum atomic E-state index is -1.17. The molecule has 1 atom stereocenters. The van der Waals surface area contributed by atoms with Crippen LogP contribution in [0.15, 0.2) is 35.9 Å². The molecule has 1 aromatic rings. The molecule has 0 saturated carbocycles. The number of hydrogen-bond acceptors (Lipinski definition) is 4. The molecule has 1 heterocycles. The van der Waals surface area contributed by atoms with E-state index >= 15 is 0 Å². The van der Waals surface area contributed by atoms with Gasteiger partial charge in [0.25, 0.3) is 5.91 Å². The van der Waals surface area contributed by atoms with Crippen LogP contribution in [0.2, 0.25) is 0 Å². The molecule has 0 bridgehead atoms. The Kier molecular flexibility index (Phi) is 5.71. The van der Waals surface area contributed by atoms with Crippen LogP contribution in [0.4, 0.5) is 0 Å². The fraction of sp³-hybridized carbons (Fsp3) is 0.412. The van der Waals surface area contributed by atoms with E-state index in [1.165, 1.54) is 11.8 Å². The molecule has 2 rings (SSSR count). The standard InChI is InChI=1S/C17H21NO4S/c1-12(2)6-8-22-14-5-3-4-13(10-14)15(19)18-17(16(20)21)7-9-23-11-17/h3-6,10H,7-9,11H2,1-2H3,(H,18,19)(H,20,21). The third-order valence-corrected chi connectivity index (χ3v) is 4.81. The monoisotopic (exact) mass is 335 g/mol. The summed E-state index contributed by atoms with van der Waals surface area (Å²) in [6.45, 7) is 4.40. The van der Waals surface area contributed by atoms with Gasteiger partial charge in [-0.3, -0.25) is 4.79 Å². The number of carboxylic acid groups (broad SMARTS) is 1. The number of amides is 1. The van der Waals surface area contributed by atoms with Crippen molar-refractivity contribution in [3.05, 3.63) is 41.5 Å². The van der Waals surface area contributed by atoms with E-state index in [9.17, 15) is 14.7 Å². The smallest absolute Gasteiger partial charge is 0.330 e. The van der Waals surface area contributed by atoms with Gasteiger partial charge in [0.1, 0.15) is 17.9 Å². The van der Waals surface area contributed by atoms with E-state index in [1.54, 1.807) is 24.3 Å². The number of ether oxygens (including phenoxy) is 1. The van der Waals surface area contributed by atoms with Crippen LogP contribution in [0.5, 0.6) is 5.75 Å². The number of thioether (sulfide) groups is 1. The first kappa shape index (κ1) is 17.4. The summed E-state index contributed by atoms with van der Waals surface area (Å²) >= 11 is 1.54. The fourth-order valence-electron chi connectivity index (χ4n) is 2.21. The minimum Gasteiger partial charge on any atom is -0.490 e. The van der Waals surface area contributed by atoms with Gasteiger partial charge in [-0.15, -0.1) is 0 Å². The average molecular weight is 335 g/mol. The zero-order valence-corrected chi connectivity index (χ0v) is 14.1. The van der Waals surface area contributed by atoms with E-state index in [2.05, 4.69) is 5.32 Å². The molecule has 0 aromatic heterocycles. The van der Waals surface area contributed by atoms with Crippen molar-refractivity contribution in [2.24, 2.45) is 0 Å². The van der Waals surface area contributed by atoms with Crippen LogP contribution < -0.4 is 10.1 Å². The Hall–Kier alpha value is -1.95. The summed E-state index contributed by atoms with van der Waals surface area (Å²) in [6, 6.07) is 6.78. The quantitative estimate of drug-likeness (QED) is 0.782. The van der Waals surface area contributed by atoms with E-state index in [0.29, 0.717) is 30.1 Å². The topological polar surface area (TPSA) is 75.6 Å². The van der Waals surface area contributed by atoms with Crippen LogP contribution in [-0.2, 0) is 4.79 Å². The van der Waals surface area contributed by atoms with Crippen molar-refractivity contribution < 1.29 is 19.4 Å². The highest BCUT2D eigenvalue weighted by molar-refractivity contribution is 7.99. The second kappa shape index (κ2) is 7.55. The van der Waals surface area contributed by atoms with Crippen molar-refractivity contribution >= 4 is 23.6 Å². The Bertz CT molecular complexity index is 617. The Morgan fingerprint density at radius 3 is 2.83 bits per heavy atom. The predicted molar refractivity (Wildman–Crippen MR) is 91.1 cm³/mol. The van der Waals surface area contributed by atoms with Gasteiger partial charge in [-0.05, 0) is 50.3 Å². The third-order valence-electron chi connectivity index (χ3n) is 3.62. The van der Waals surface area contributed by atoms with Crippen molar-refractivity contribution in [2.75, 3.05) is 18.1 Å². The van der Waals surface area contributed by atoms with Gasteiger partial charge >= 0.3 is 5.97 Å². The maximum atomic E-state index is 12.4. The molecule has 124 valence electrons. The summed E-state index contributed by atoms with van der Waals surface area (Å²) in [6.07, 6.45) is 2.39. The normalized spacial score (nSPS) is 19.9. The number of carbonyl (C=O) groups is 2. The van der Waals surface area contributed by atoms with Crippen LogP contribution in [0.3, 0.4) is 0 Å². The molecule has 0 aliphatic carbocycles. The number of carboxylic acids is 1. The van der Waals surface area contributed by atoms with Gasteiger partial charge in [0, 0.05) is 11.3 Å². The first-order valence-electron chi connectivity index (χ1n) is 7.43. The van der Waals surface area contributed by atoms with Crippen LogP contribution in [0.1, 0.15) is 30.6 Å². The average Bonchev–Trinajstić information content (AvgIpc) is 2.97. The summed E-state index contributed by atoms with van der Waals surface area (Å²) in [7, 11) is 0. The lowest BCUT2D eigenvalue weighted by molar-refractivity contribution is -0.143. The zero-order valence-electron chi connectivity index (χ0n) is 13.3. The molecular weight excluding hydrogens is 314 g/mol. The molecule has 5 nitrogen and oxygen atoms in total. The van der Waals surface area contributed by atoms with Crippen molar-refractivity contribution in [3.63, 3.8) is 0 Å². The molecule has 1 aliphatic rings. The SMILES string of the molecule is CC(C)=CCOc1cccc(C(=O)NC2(C(=O)O)CCSC2)c1. The molecule has 2 N–H and O–H groups in total. The van der Waals surface area contributed by atoms with Crippen LogP contribution >= 0.6 is 11.8 Å². The third kappa shape index (κ3) is 4.51. The number of nitrogens with one attached hydrogen (secondary N) is 1. The minimum absolute atomic E-state index is 0.387. The summed E-state index contributed by atoms with van der Waals surface area (Å²) in [5.74, 6) is 0.346. The van der Waals surface area contributed by atoms with Crippen LogP contribution in [0.25, 0.3) is 0 Å². The number of allylic oxidation sites excluding steroid dienone is 1. The summed E-state index contributed by atoms with van der Waals surface area (Å²) in [5.41, 5.74) is 0.388. The maximum Gasteiger partial charge on any atom is 0.330 e. The second-order valence-electron chi connectivity index (χ2n) is 5.76. The molecular formula is C17H21NO4S. The zero-order chi connectivity index (χ0) is 16.9. The van der Waals surface area contributed by atoms with E-state index < -0.39 is 11.5 Å². The molecule has 0 radical (unpaired) electrons. The molecule has 1 saturated heterocycles. The maximum absolute atomic E-state index is 12.4. The number of hydrogen-bond donors (Lipinski definition) is 2. The van der Waals surface area contributed by atoms with E-state index in [1.807, 2.05) is 19.9 Å². The first-order chi connectivity index (χ1) is 10.9.